The molecule has 0 radical (unpaired) electrons. The van der Waals surface area contributed by atoms with E-state index < -0.39 is 15.8 Å². The third-order valence-electron chi connectivity index (χ3n) is 3.16. The average Bonchev–Trinajstić information content (AvgIpc) is 2.53. The van der Waals surface area contributed by atoms with Crippen LogP contribution in [-0.4, -0.2) is 27.8 Å². The molecular weight excluding hydrogens is 320 g/mol. The molecule has 0 aliphatic heterocycles. The molecule has 1 aromatic carbocycles. The number of nitro benzene ring substituents is 1. The second-order valence-corrected chi connectivity index (χ2v) is 4.71. The van der Waals surface area contributed by atoms with E-state index in [1.54, 1.807) is 0 Å². The van der Waals surface area contributed by atoms with Gasteiger partial charge in [-0.05, 0) is 25.1 Å². The van der Waals surface area contributed by atoms with Crippen molar-refractivity contribution in [2.45, 2.75) is 6.92 Å². The molecule has 0 aliphatic carbocycles. The summed E-state index contributed by atoms with van der Waals surface area (Å²) in [4.78, 5) is 36.4. The number of carbonyl (C=O) groups excluding carboxylic acids is 1. The molecule has 0 bridgehead atoms. The van der Waals surface area contributed by atoms with Crippen molar-refractivity contribution in [2.24, 2.45) is 0 Å². The van der Waals surface area contributed by atoms with Crippen molar-refractivity contribution in [1.82, 2.24) is 4.98 Å². The van der Waals surface area contributed by atoms with E-state index >= 15 is 0 Å². The van der Waals surface area contributed by atoms with Gasteiger partial charge in [0.15, 0.2) is 5.75 Å². The monoisotopic (exact) mass is 332 g/mol. The Labute approximate surface area is 135 Å². The van der Waals surface area contributed by atoms with Crippen LogP contribution in [0.5, 0.6) is 5.75 Å². The van der Waals surface area contributed by atoms with Gasteiger partial charge >= 0.3 is 5.69 Å². The molecule has 1 heterocycles. The fourth-order valence-corrected chi connectivity index (χ4v) is 1.97. The Morgan fingerprint density at radius 1 is 1.17 bits per heavy atom. The zero-order chi connectivity index (χ0) is 17.9. The Bertz CT molecular complexity index is 836. The minimum absolute atomic E-state index is 0.0281. The molecule has 2 rings (SSSR count). The first-order valence-corrected chi connectivity index (χ1v) is 6.58. The van der Waals surface area contributed by atoms with Crippen LogP contribution in [0.25, 0.3) is 0 Å². The smallest absolute Gasteiger partial charge is 0.311 e. The lowest BCUT2D eigenvalue weighted by Crippen LogP contribution is -2.13. The highest BCUT2D eigenvalue weighted by atomic mass is 16.6. The molecule has 0 saturated carbocycles. The number of amides is 1. The molecular formula is C14H12N4O6. The van der Waals surface area contributed by atoms with Gasteiger partial charge in [-0.25, -0.2) is 4.98 Å². The van der Waals surface area contributed by atoms with Crippen LogP contribution in [0.2, 0.25) is 0 Å². The van der Waals surface area contributed by atoms with E-state index in [1.807, 2.05) is 0 Å². The lowest BCUT2D eigenvalue weighted by Gasteiger charge is -2.07. The molecule has 0 saturated heterocycles. The Kier molecular flexibility index (Phi) is 4.68. The van der Waals surface area contributed by atoms with Gasteiger partial charge in [0.25, 0.3) is 11.6 Å². The van der Waals surface area contributed by atoms with Crippen LogP contribution in [0.15, 0.2) is 30.5 Å². The Hall–Kier alpha value is -3.56. The third-order valence-corrected chi connectivity index (χ3v) is 3.16. The minimum atomic E-state index is -0.663. The van der Waals surface area contributed by atoms with E-state index in [2.05, 4.69) is 10.3 Å². The molecule has 0 spiro atoms. The second-order valence-electron chi connectivity index (χ2n) is 4.71. The summed E-state index contributed by atoms with van der Waals surface area (Å²) in [5.41, 5.74) is -0.169. The number of nitrogens with one attached hydrogen (secondary N) is 1. The number of rotatable bonds is 5. The van der Waals surface area contributed by atoms with E-state index in [-0.39, 0.29) is 28.5 Å². The van der Waals surface area contributed by atoms with Gasteiger partial charge in [0.1, 0.15) is 12.0 Å². The highest BCUT2D eigenvalue weighted by Crippen LogP contribution is 2.28. The number of anilines is 1. The Morgan fingerprint density at radius 3 is 2.38 bits per heavy atom. The van der Waals surface area contributed by atoms with Gasteiger partial charge in [0.2, 0.25) is 0 Å². The van der Waals surface area contributed by atoms with Gasteiger partial charge in [-0.2, -0.15) is 0 Å². The maximum atomic E-state index is 12.2. The topological polar surface area (TPSA) is 138 Å². The highest BCUT2D eigenvalue weighted by molar-refractivity contribution is 6.04. The van der Waals surface area contributed by atoms with Crippen LogP contribution >= 0.6 is 0 Å². The summed E-state index contributed by atoms with van der Waals surface area (Å²) in [5, 5.41) is 24.2. The molecule has 124 valence electrons. The van der Waals surface area contributed by atoms with Crippen LogP contribution in [0.4, 0.5) is 17.2 Å². The van der Waals surface area contributed by atoms with Crippen LogP contribution in [0.1, 0.15) is 15.9 Å². The van der Waals surface area contributed by atoms with Gasteiger partial charge in [-0.1, -0.05) is 0 Å². The molecule has 24 heavy (non-hydrogen) atoms. The van der Waals surface area contributed by atoms with Crippen LogP contribution < -0.4 is 10.1 Å². The molecule has 1 amide bonds. The SMILES string of the molecule is COc1ccc(C(=O)Nc2cc(C)c([N+](=O)[O-])cn2)cc1[N+](=O)[O-]. The summed E-state index contributed by atoms with van der Waals surface area (Å²) in [5.74, 6) is -0.510. The van der Waals surface area contributed by atoms with Gasteiger partial charge < -0.3 is 10.1 Å². The van der Waals surface area contributed by atoms with Gasteiger partial charge in [-0.15, -0.1) is 0 Å². The van der Waals surface area contributed by atoms with Crippen molar-refractivity contribution in [1.29, 1.82) is 0 Å². The number of hydrogen-bond donors (Lipinski definition) is 1. The molecule has 0 fully saturated rings. The lowest BCUT2D eigenvalue weighted by molar-refractivity contribution is -0.385. The first-order chi connectivity index (χ1) is 11.3. The van der Waals surface area contributed by atoms with E-state index in [0.29, 0.717) is 5.56 Å². The standard InChI is InChI=1S/C14H12N4O6/c1-8-5-13(15-7-11(8)18(22)23)16-14(19)9-3-4-12(24-2)10(6-9)17(20)21/h3-7H,1-2H3,(H,15,16,19). The lowest BCUT2D eigenvalue weighted by atomic mass is 10.1. The van der Waals surface area contributed by atoms with Crippen molar-refractivity contribution in [3.05, 3.63) is 61.8 Å². The van der Waals surface area contributed by atoms with Crippen molar-refractivity contribution < 1.29 is 19.4 Å². The van der Waals surface area contributed by atoms with Gasteiger partial charge in [0, 0.05) is 17.2 Å². The zero-order valence-electron chi connectivity index (χ0n) is 12.7. The predicted molar refractivity (Wildman–Crippen MR) is 83.2 cm³/mol. The van der Waals surface area contributed by atoms with Crippen LogP contribution in [0.3, 0.4) is 0 Å². The quantitative estimate of drug-likeness (QED) is 0.655. The number of hydrogen-bond acceptors (Lipinski definition) is 7. The van der Waals surface area contributed by atoms with Crippen LogP contribution in [0, 0.1) is 27.2 Å². The van der Waals surface area contributed by atoms with E-state index in [1.165, 1.54) is 32.2 Å². The Morgan fingerprint density at radius 2 is 1.83 bits per heavy atom. The first kappa shape index (κ1) is 16.8. The number of pyridine rings is 1. The fraction of sp³-hybridized carbons (Fsp3) is 0.143. The molecule has 10 nitrogen and oxygen atoms in total. The summed E-state index contributed by atoms with van der Waals surface area (Å²) < 4.78 is 4.86. The van der Waals surface area contributed by atoms with E-state index in [4.69, 9.17) is 4.74 Å². The minimum Gasteiger partial charge on any atom is -0.490 e. The maximum absolute atomic E-state index is 12.2. The van der Waals surface area contributed by atoms with Crippen molar-refractivity contribution in [2.75, 3.05) is 12.4 Å². The molecule has 1 aromatic heterocycles. The summed E-state index contributed by atoms with van der Waals surface area (Å²) in [6, 6.07) is 5.08. The molecule has 0 aliphatic rings. The largest absolute Gasteiger partial charge is 0.490 e. The second kappa shape index (κ2) is 6.69. The number of nitro groups is 2. The maximum Gasteiger partial charge on any atom is 0.311 e. The molecule has 0 atom stereocenters. The third kappa shape index (κ3) is 3.43. The molecule has 10 heteroatoms. The fourth-order valence-electron chi connectivity index (χ4n) is 1.97. The Balaban J connectivity index is 2.27. The summed E-state index contributed by atoms with van der Waals surface area (Å²) in [7, 11) is 1.28. The zero-order valence-corrected chi connectivity index (χ0v) is 12.7. The van der Waals surface area contributed by atoms with Gasteiger partial charge in [-0.3, -0.25) is 25.0 Å². The number of aromatic nitrogens is 1. The normalized spacial score (nSPS) is 10.1. The van der Waals surface area contributed by atoms with Crippen molar-refractivity contribution >= 4 is 23.1 Å². The predicted octanol–water partition coefficient (Wildman–Crippen LogP) is 2.47. The number of benzene rings is 1. The number of methoxy groups -OCH3 is 1. The van der Waals surface area contributed by atoms with Crippen LogP contribution in [-0.2, 0) is 0 Å². The number of nitrogens with zero attached hydrogens (tertiary/aromatic N) is 3. The number of aryl methyl sites for hydroxylation is 1. The van der Waals surface area contributed by atoms with Crippen molar-refractivity contribution in [3.8, 4) is 5.75 Å². The number of carbonyl (C=O) groups is 1. The summed E-state index contributed by atoms with van der Waals surface area (Å²) >= 11 is 0. The average molecular weight is 332 g/mol. The van der Waals surface area contributed by atoms with E-state index in [0.717, 1.165) is 12.3 Å². The highest BCUT2D eigenvalue weighted by Gasteiger charge is 2.19. The first-order valence-electron chi connectivity index (χ1n) is 6.58. The molecule has 2 aromatic rings. The van der Waals surface area contributed by atoms with Crippen molar-refractivity contribution in [3.63, 3.8) is 0 Å². The number of ether oxygens (including phenoxy) is 1. The summed E-state index contributed by atoms with van der Waals surface area (Å²) in [6.45, 7) is 1.51. The molecule has 1 N–H and O–H groups in total. The van der Waals surface area contributed by atoms with Gasteiger partial charge in [0.05, 0.1) is 17.0 Å². The van der Waals surface area contributed by atoms with E-state index in [9.17, 15) is 25.0 Å². The summed E-state index contributed by atoms with van der Waals surface area (Å²) in [6.07, 6.45) is 1.03. The molecule has 0 unspecified atom stereocenters.